The molecule has 0 bridgehead atoms. The zero-order valence-corrected chi connectivity index (χ0v) is 11.0. The van der Waals surface area contributed by atoms with Crippen molar-refractivity contribution in [2.75, 3.05) is 13.1 Å². The molecule has 104 valence electrons. The molecule has 1 aromatic carbocycles. The zero-order valence-electron chi connectivity index (χ0n) is 11.0. The smallest absolute Gasteiger partial charge is 0.241 e. The van der Waals surface area contributed by atoms with Crippen LogP contribution >= 0.6 is 0 Å². The Balaban J connectivity index is 1.60. The molecule has 2 N–H and O–H groups in total. The number of nitrogens with one attached hydrogen (secondary N) is 2. The van der Waals surface area contributed by atoms with Crippen LogP contribution in [0.4, 0.5) is 0 Å². The summed E-state index contributed by atoms with van der Waals surface area (Å²) in [5, 5.41) is 9.69. The third-order valence-electron chi connectivity index (χ3n) is 3.42. The molecule has 0 radical (unpaired) electrons. The van der Waals surface area contributed by atoms with Crippen molar-refractivity contribution in [2.24, 2.45) is 0 Å². The highest BCUT2D eigenvalue weighted by Crippen LogP contribution is 2.22. The van der Waals surface area contributed by atoms with Crippen LogP contribution < -0.4 is 10.6 Å². The number of hydrogen-bond acceptors (Lipinski definition) is 5. The maximum atomic E-state index is 12.2. The first-order chi connectivity index (χ1) is 9.84. The van der Waals surface area contributed by atoms with Crippen LogP contribution in [0.15, 0.2) is 35.1 Å². The van der Waals surface area contributed by atoms with Crippen molar-refractivity contribution >= 4 is 5.91 Å². The molecule has 20 heavy (non-hydrogen) atoms. The van der Waals surface area contributed by atoms with Crippen molar-refractivity contribution in [1.29, 1.82) is 0 Å². The lowest BCUT2D eigenvalue weighted by atomic mass is 9.94. The number of rotatable bonds is 4. The van der Waals surface area contributed by atoms with Crippen molar-refractivity contribution in [2.45, 2.75) is 18.9 Å². The van der Waals surface area contributed by atoms with Crippen LogP contribution in [0.2, 0.25) is 0 Å². The number of aromatic nitrogens is 2. The van der Waals surface area contributed by atoms with Crippen LogP contribution in [-0.2, 0) is 17.6 Å². The molecule has 1 aliphatic rings. The average Bonchev–Trinajstić information content (AvgIpc) is 3.00. The van der Waals surface area contributed by atoms with Crippen molar-refractivity contribution in [3.05, 3.63) is 47.6 Å². The van der Waals surface area contributed by atoms with Gasteiger partial charge in [-0.2, -0.15) is 4.98 Å². The Morgan fingerprint density at radius 2 is 2.35 bits per heavy atom. The molecule has 2 heterocycles. The lowest BCUT2D eigenvalue weighted by Crippen LogP contribution is -2.42. The molecule has 0 spiro atoms. The molecular formula is C14H16N4O2. The Bertz CT molecular complexity index is 583. The maximum absolute atomic E-state index is 12.2. The molecule has 0 saturated heterocycles. The standard InChI is InChI=1S/C14H16N4O2/c19-14(16-8-6-12-17-9-18-20-12)13-11-4-2-1-3-10(11)5-7-15-13/h1-4,9,13,15H,5-8H2,(H,16,19). The summed E-state index contributed by atoms with van der Waals surface area (Å²) in [5.41, 5.74) is 2.30. The normalized spacial score (nSPS) is 17.5. The molecule has 6 nitrogen and oxygen atoms in total. The quantitative estimate of drug-likeness (QED) is 0.852. The lowest BCUT2D eigenvalue weighted by molar-refractivity contribution is -0.123. The number of benzene rings is 1. The fourth-order valence-corrected chi connectivity index (χ4v) is 2.44. The van der Waals surface area contributed by atoms with Gasteiger partial charge in [0.2, 0.25) is 11.8 Å². The fraction of sp³-hybridized carbons (Fsp3) is 0.357. The SMILES string of the molecule is O=C(NCCc1ncno1)C1NCCc2ccccc21. The number of fused-ring (bicyclic) bond motifs is 1. The number of hydrogen-bond donors (Lipinski definition) is 2. The molecule has 1 amide bonds. The summed E-state index contributed by atoms with van der Waals surface area (Å²) in [6.07, 6.45) is 2.86. The van der Waals surface area contributed by atoms with Crippen molar-refractivity contribution in [1.82, 2.24) is 20.8 Å². The van der Waals surface area contributed by atoms with Gasteiger partial charge >= 0.3 is 0 Å². The molecule has 1 unspecified atom stereocenters. The summed E-state index contributed by atoms with van der Waals surface area (Å²) in [6, 6.07) is 7.78. The Kier molecular flexibility index (Phi) is 3.73. The van der Waals surface area contributed by atoms with Gasteiger partial charge in [0.05, 0.1) is 0 Å². The molecule has 0 aliphatic carbocycles. The van der Waals surface area contributed by atoms with E-state index in [1.165, 1.54) is 11.9 Å². The fourth-order valence-electron chi connectivity index (χ4n) is 2.44. The van der Waals surface area contributed by atoms with E-state index in [2.05, 4.69) is 26.8 Å². The van der Waals surface area contributed by atoms with Crippen LogP contribution in [-0.4, -0.2) is 29.1 Å². The summed E-state index contributed by atoms with van der Waals surface area (Å²) in [6.45, 7) is 1.31. The summed E-state index contributed by atoms with van der Waals surface area (Å²) in [4.78, 5) is 16.2. The van der Waals surface area contributed by atoms with Gasteiger partial charge in [-0.05, 0) is 17.5 Å². The van der Waals surface area contributed by atoms with Crippen molar-refractivity contribution in [3.63, 3.8) is 0 Å². The first-order valence-electron chi connectivity index (χ1n) is 6.69. The number of carbonyl (C=O) groups excluding carboxylic acids is 1. The largest absolute Gasteiger partial charge is 0.354 e. The van der Waals surface area contributed by atoms with E-state index in [-0.39, 0.29) is 11.9 Å². The van der Waals surface area contributed by atoms with E-state index in [0.717, 1.165) is 18.5 Å². The minimum Gasteiger partial charge on any atom is -0.354 e. The van der Waals surface area contributed by atoms with Gasteiger partial charge in [-0.25, -0.2) is 0 Å². The highest BCUT2D eigenvalue weighted by atomic mass is 16.5. The molecular weight excluding hydrogens is 256 g/mol. The Morgan fingerprint density at radius 1 is 1.45 bits per heavy atom. The predicted octanol–water partition coefficient (Wildman–Crippen LogP) is 0.615. The predicted molar refractivity (Wildman–Crippen MR) is 71.9 cm³/mol. The third-order valence-corrected chi connectivity index (χ3v) is 3.42. The van der Waals surface area contributed by atoms with Crippen molar-refractivity contribution in [3.8, 4) is 0 Å². The average molecular weight is 272 g/mol. The molecule has 1 atom stereocenters. The van der Waals surface area contributed by atoms with E-state index in [0.29, 0.717) is 18.9 Å². The van der Waals surface area contributed by atoms with Gasteiger partial charge in [0, 0.05) is 19.5 Å². The van der Waals surface area contributed by atoms with E-state index in [1.54, 1.807) is 0 Å². The summed E-state index contributed by atoms with van der Waals surface area (Å²) in [7, 11) is 0. The second-order valence-corrected chi connectivity index (χ2v) is 4.71. The van der Waals surface area contributed by atoms with E-state index in [4.69, 9.17) is 4.52 Å². The molecule has 1 aliphatic heterocycles. The molecule has 0 fully saturated rings. The van der Waals surface area contributed by atoms with Gasteiger partial charge < -0.3 is 15.2 Å². The highest BCUT2D eigenvalue weighted by Gasteiger charge is 2.25. The summed E-state index contributed by atoms with van der Waals surface area (Å²) >= 11 is 0. The number of nitrogens with zero attached hydrogens (tertiary/aromatic N) is 2. The van der Waals surface area contributed by atoms with Gasteiger partial charge in [0.1, 0.15) is 6.04 Å². The van der Waals surface area contributed by atoms with Crippen LogP contribution in [0, 0.1) is 0 Å². The summed E-state index contributed by atoms with van der Waals surface area (Å²) < 4.78 is 4.89. The first-order valence-corrected chi connectivity index (χ1v) is 6.69. The topological polar surface area (TPSA) is 80.1 Å². The molecule has 0 saturated carbocycles. The van der Waals surface area contributed by atoms with Gasteiger partial charge in [-0.15, -0.1) is 0 Å². The van der Waals surface area contributed by atoms with Gasteiger partial charge in [0.25, 0.3) is 0 Å². The Hall–Kier alpha value is -2.21. The lowest BCUT2D eigenvalue weighted by Gasteiger charge is -2.25. The van der Waals surface area contributed by atoms with E-state index >= 15 is 0 Å². The van der Waals surface area contributed by atoms with Crippen LogP contribution in [0.1, 0.15) is 23.1 Å². The van der Waals surface area contributed by atoms with Crippen molar-refractivity contribution < 1.29 is 9.32 Å². The minimum absolute atomic E-state index is 0.0170. The number of amides is 1. The van der Waals surface area contributed by atoms with E-state index in [9.17, 15) is 4.79 Å². The van der Waals surface area contributed by atoms with E-state index in [1.807, 2.05) is 18.2 Å². The van der Waals surface area contributed by atoms with Gasteiger partial charge in [-0.1, -0.05) is 29.4 Å². The second-order valence-electron chi connectivity index (χ2n) is 4.71. The van der Waals surface area contributed by atoms with Crippen LogP contribution in [0.3, 0.4) is 0 Å². The first kappa shape index (κ1) is 12.8. The second kappa shape index (κ2) is 5.83. The molecule has 3 rings (SSSR count). The molecule has 6 heteroatoms. The minimum atomic E-state index is -0.275. The molecule has 1 aromatic heterocycles. The van der Waals surface area contributed by atoms with Gasteiger partial charge in [-0.3, -0.25) is 4.79 Å². The Labute approximate surface area is 116 Å². The maximum Gasteiger partial charge on any atom is 0.241 e. The number of carbonyl (C=O) groups is 1. The van der Waals surface area contributed by atoms with E-state index < -0.39 is 0 Å². The van der Waals surface area contributed by atoms with Gasteiger partial charge in [0.15, 0.2) is 6.33 Å². The van der Waals surface area contributed by atoms with Crippen LogP contribution in [0.25, 0.3) is 0 Å². The molecule has 2 aromatic rings. The highest BCUT2D eigenvalue weighted by molar-refractivity contribution is 5.83. The van der Waals surface area contributed by atoms with Crippen LogP contribution in [0.5, 0.6) is 0 Å². The Morgan fingerprint density at radius 3 is 3.20 bits per heavy atom. The third kappa shape index (κ3) is 2.70. The summed E-state index contributed by atoms with van der Waals surface area (Å²) in [5.74, 6) is 0.513. The zero-order chi connectivity index (χ0) is 13.8. The monoisotopic (exact) mass is 272 g/mol.